The Morgan fingerprint density at radius 1 is 1.15 bits per heavy atom. The summed E-state index contributed by atoms with van der Waals surface area (Å²) in [5, 5.41) is 3.08. The average Bonchev–Trinajstić information content (AvgIpc) is 2.38. The second-order valence-corrected chi connectivity index (χ2v) is 7.77. The van der Waals surface area contributed by atoms with E-state index in [2.05, 4.69) is 5.32 Å². The maximum Gasteiger partial charge on any atom is 0.154 e. The van der Waals surface area contributed by atoms with Gasteiger partial charge in [0.25, 0.3) is 0 Å². The van der Waals surface area contributed by atoms with Crippen LogP contribution in [0.3, 0.4) is 0 Å². The van der Waals surface area contributed by atoms with Crippen molar-refractivity contribution in [3.63, 3.8) is 0 Å². The molecule has 0 heterocycles. The Bertz CT molecular complexity index is 544. The topological polar surface area (TPSA) is 64.6 Å². The highest BCUT2D eigenvalue weighted by Gasteiger charge is 2.41. The molecule has 0 aliphatic rings. The lowest BCUT2D eigenvalue weighted by Crippen LogP contribution is -2.44. The van der Waals surface area contributed by atoms with Gasteiger partial charge in [-0.15, -0.1) is 0 Å². The second kappa shape index (κ2) is 6.01. The van der Waals surface area contributed by atoms with Gasteiger partial charge in [0.05, 0.1) is 30.6 Å². The zero-order valence-electron chi connectivity index (χ0n) is 12.9. The molecule has 20 heavy (non-hydrogen) atoms. The predicted molar refractivity (Wildman–Crippen MR) is 80.3 cm³/mol. The molecule has 6 heteroatoms. The molecule has 1 aromatic rings. The van der Waals surface area contributed by atoms with E-state index in [-0.39, 0.29) is 0 Å². The normalized spacial score (nSPS) is 13.9. The van der Waals surface area contributed by atoms with Crippen molar-refractivity contribution in [2.45, 2.75) is 24.6 Å². The van der Waals surface area contributed by atoms with Crippen molar-refractivity contribution in [1.82, 2.24) is 5.32 Å². The van der Waals surface area contributed by atoms with Crippen molar-refractivity contribution in [2.75, 3.05) is 27.5 Å². The third-order valence-electron chi connectivity index (χ3n) is 3.69. The molecule has 5 nitrogen and oxygen atoms in total. The SMILES string of the molecule is CNC(c1c(OC)cccc1OC)C(C)(C)S(C)(=O)=O. The average molecular weight is 301 g/mol. The molecule has 114 valence electrons. The van der Waals surface area contributed by atoms with Crippen molar-refractivity contribution >= 4 is 9.84 Å². The number of nitrogens with one attached hydrogen (secondary N) is 1. The molecule has 0 fully saturated rings. The number of rotatable bonds is 6. The summed E-state index contributed by atoms with van der Waals surface area (Å²) in [5.74, 6) is 1.20. The highest BCUT2D eigenvalue weighted by atomic mass is 32.2. The van der Waals surface area contributed by atoms with Gasteiger partial charge in [-0.25, -0.2) is 8.42 Å². The maximum absolute atomic E-state index is 12.1. The van der Waals surface area contributed by atoms with E-state index in [4.69, 9.17) is 9.47 Å². The summed E-state index contributed by atoms with van der Waals surface area (Å²) in [7, 11) is 1.55. The molecule has 0 spiro atoms. The van der Waals surface area contributed by atoms with Gasteiger partial charge in [0.2, 0.25) is 0 Å². The van der Waals surface area contributed by atoms with Crippen LogP contribution in [0.15, 0.2) is 18.2 Å². The highest BCUT2D eigenvalue weighted by molar-refractivity contribution is 7.92. The number of methoxy groups -OCH3 is 2. The van der Waals surface area contributed by atoms with Crippen LogP contribution >= 0.6 is 0 Å². The minimum atomic E-state index is -3.29. The molecule has 0 amide bonds. The maximum atomic E-state index is 12.1. The zero-order valence-corrected chi connectivity index (χ0v) is 13.7. The van der Waals surface area contributed by atoms with E-state index in [1.807, 2.05) is 0 Å². The molecular formula is C14H23NO4S. The Labute approximate surface area is 121 Å². The second-order valence-electron chi connectivity index (χ2n) is 5.17. The van der Waals surface area contributed by atoms with Crippen LogP contribution in [-0.4, -0.2) is 40.7 Å². The van der Waals surface area contributed by atoms with E-state index in [0.717, 1.165) is 0 Å². The van der Waals surface area contributed by atoms with Crippen molar-refractivity contribution in [3.05, 3.63) is 23.8 Å². The van der Waals surface area contributed by atoms with Crippen LogP contribution in [-0.2, 0) is 9.84 Å². The van der Waals surface area contributed by atoms with E-state index in [0.29, 0.717) is 17.1 Å². The van der Waals surface area contributed by atoms with Crippen LogP contribution in [0.4, 0.5) is 0 Å². The number of hydrogen-bond acceptors (Lipinski definition) is 5. The van der Waals surface area contributed by atoms with Crippen LogP contribution in [0.25, 0.3) is 0 Å². The first-order chi connectivity index (χ1) is 9.20. The lowest BCUT2D eigenvalue weighted by atomic mass is 9.93. The summed E-state index contributed by atoms with van der Waals surface area (Å²) in [6, 6.07) is 4.94. The van der Waals surface area contributed by atoms with Gasteiger partial charge in [0.15, 0.2) is 9.84 Å². The first-order valence-corrected chi connectivity index (χ1v) is 8.17. The van der Waals surface area contributed by atoms with E-state index in [1.165, 1.54) is 6.26 Å². The molecule has 1 aromatic carbocycles. The van der Waals surface area contributed by atoms with Gasteiger partial charge < -0.3 is 14.8 Å². The van der Waals surface area contributed by atoms with Crippen molar-refractivity contribution in [2.24, 2.45) is 0 Å². The van der Waals surface area contributed by atoms with Crippen molar-refractivity contribution in [3.8, 4) is 11.5 Å². The van der Waals surface area contributed by atoms with E-state index >= 15 is 0 Å². The summed E-state index contributed by atoms with van der Waals surface area (Å²) in [4.78, 5) is 0. The lowest BCUT2D eigenvalue weighted by molar-refractivity contribution is 0.357. The molecule has 0 aliphatic carbocycles. The molecule has 1 atom stereocenters. The smallest absolute Gasteiger partial charge is 0.154 e. The lowest BCUT2D eigenvalue weighted by Gasteiger charge is -2.34. The summed E-state index contributed by atoms with van der Waals surface area (Å²) in [5.41, 5.74) is 0.704. The van der Waals surface area contributed by atoms with Crippen LogP contribution in [0.1, 0.15) is 25.5 Å². The third kappa shape index (κ3) is 2.91. The van der Waals surface area contributed by atoms with Gasteiger partial charge >= 0.3 is 0 Å². The first kappa shape index (κ1) is 16.8. The Morgan fingerprint density at radius 3 is 1.90 bits per heavy atom. The van der Waals surface area contributed by atoms with Crippen LogP contribution in [0.5, 0.6) is 11.5 Å². The van der Waals surface area contributed by atoms with Crippen molar-refractivity contribution < 1.29 is 17.9 Å². The molecule has 0 aromatic heterocycles. The summed E-state index contributed by atoms with van der Waals surface area (Å²) >= 11 is 0. The molecule has 0 saturated heterocycles. The van der Waals surface area contributed by atoms with Crippen LogP contribution in [0, 0.1) is 0 Å². The van der Waals surface area contributed by atoms with Gasteiger partial charge in [0, 0.05) is 6.26 Å². The van der Waals surface area contributed by atoms with Crippen LogP contribution in [0.2, 0.25) is 0 Å². The largest absolute Gasteiger partial charge is 0.496 e. The monoisotopic (exact) mass is 301 g/mol. The summed E-state index contributed by atoms with van der Waals surface area (Å²) in [6.07, 6.45) is 1.24. The third-order valence-corrected chi connectivity index (χ3v) is 5.84. The van der Waals surface area contributed by atoms with E-state index in [1.54, 1.807) is 53.3 Å². The standard InChI is InChI=1S/C14H23NO4S/c1-14(2,20(6,16)17)13(15-3)12-10(18-4)8-7-9-11(12)19-5/h7-9,13,15H,1-6H3. The first-order valence-electron chi connectivity index (χ1n) is 6.28. The Balaban J connectivity index is 3.54. The van der Waals surface area contributed by atoms with Crippen molar-refractivity contribution in [1.29, 1.82) is 0 Å². The van der Waals surface area contributed by atoms with E-state index in [9.17, 15) is 8.42 Å². The fraction of sp³-hybridized carbons (Fsp3) is 0.571. The van der Waals surface area contributed by atoms with Gasteiger partial charge in [-0.05, 0) is 33.0 Å². The Morgan fingerprint density at radius 2 is 1.60 bits per heavy atom. The molecule has 0 saturated carbocycles. The van der Waals surface area contributed by atoms with Crippen LogP contribution < -0.4 is 14.8 Å². The fourth-order valence-electron chi connectivity index (χ4n) is 2.22. The number of sulfone groups is 1. The number of ether oxygens (including phenoxy) is 2. The van der Waals surface area contributed by atoms with Gasteiger partial charge in [0.1, 0.15) is 11.5 Å². The molecule has 0 radical (unpaired) electrons. The summed E-state index contributed by atoms with van der Waals surface area (Å²) in [6.45, 7) is 3.38. The molecule has 0 aliphatic heterocycles. The minimum Gasteiger partial charge on any atom is -0.496 e. The summed E-state index contributed by atoms with van der Waals surface area (Å²) < 4.78 is 33.9. The Kier molecular flexibility index (Phi) is 5.05. The van der Waals surface area contributed by atoms with Gasteiger partial charge in [-0.3, -0.25) is 0 Å². The number of hydrogen-bond donors (Lipinski definition) is 1. The quantitative estimate of drug-likeness (QED) is 0.868. The predicted octanol–water partition coefficient (Wildman–Crippen LogP) is 1.79. The highest BCUT2D eigenvalue weighted by Crippen LogP contribution is 2.41. The van der Waals surface area contributed by atoms with Gasteiger partial charge in [-0.1, -0.05) is 6.07 Å². The van der Waals surface area contributed by atoms with E-state index < -0.39 is 20.6 Å². The molecule has 1 N–H and O–H groups in total. The van der Waals surface area contributed by atoms with Gasteiger partial charge in [-0.2, -0.15) is 0 Å². The molecule has 1 rings (SSSR count). The zero-order chi connectivity index (χ0) is 15.6. The molecular weight excluding hydrogens is 278 g/mol. The minimum absolute atomic E-state index is 0.455. The molecule has 0 bridgehead atoms. The number of benzene rings is 1. The Hall–Kier alpha value is -1.27. The fourth-order valence-corrected chi connectivity index (χ4v) is 2.88. The molecule has 1 unspecified atom stereocenters.